The van der Waals surface area contributed by atoms with Crippen LogP contribution in [0.25, 0.3) is 0 Å². The van der Waals surface area contributed by atoms with Gasteiger partial charge in [-0.15, -0.1) is 0 Å². The maximum absolute atomic E-state index is 12.7. The fourth-order valence-corrected chi connectivity index (χ4v) is 2.71. The highest BCUT2D eigenvalue weighted by atomic mass is 16.2. The predicted molar refractivity (Wildman–Crippen MR) is 77.7 cm³/mol. The molecule has 106 valence electrons. The number of amides is 1. The van der Waals surface area contributed by atoms with E-state index in [-0.39, 0.29) is 17.9 Å². The number of carbonyl (C=O) groups excluding carboxylic acids is 1. The van der Waals surface area contributed by atoms with Crippen LogP contribution in [0.3, 0.4) is 0 Å². The second-order valence-corrected chi connectivity index (χ2v) is 5.65. The van der Waals surface area contributed by atoms with Crippen molar-refractivity contribution >= 4 is 5.91 Å². The van der Waals surface area contributed by atoms with Gasteiger partial charge in [-0.25, -0.2) is 0 Å². The minimum Gasteiger partial charge on any atom is -0.325 e. The van der Waals surface area contributed by atoms with E-state index in [1.165, 1.54) is 0 Å². The van der Waals surface area contributed by atoms with Crippen molar-refractivity contribution in [2.24, 2.45) is 5.41 Å². The van der Waals surface area contributed by atoms with Crippen molar-refractivity contribution in [1.82, 2.24) is 10.2 Å². The van der Waals surface area contributed by atoms with Gasteiger partial charge in [-0.1, -0.05) is 30.3 Å². The summed E-state index contributed by atoms with van der Waals surface area (Å²) in [7, 11) is 0. The first kappa shape index (κ1) is 14.5. The van der Waals surface area contributed by atoms with Crippen LogP contribution in [0.15, 0.2) is 30.3 Å². The third-order valence-electron chi connectivity index (χ3n) is 3.88. The van der Waals surface area contributed by atoms with Crippen molar-refractivity contribution in [2.75, 3.05) is 19.6 Å². The molecule has 1 heterocycles. The minimum absolute atomic E-state index is 0.0788. The Labute approximate surface area is 120 Å². The number of piperidine rings is 1. The molecule has 1 unspecified atom stereocenters. The van der Waals surface area contributed by atoms with Gasteiger partial charge in [-0.05, 0) is 31.9 Å². The van der Waals surface area contributed by atoms with Crippen LogP contribution in [-0.4, -0.2) is 30.4 Å². The number of hydrogen-bond donors (Lipinski definition) is 1. The van der Waals surface area contributed by atoms with E-state index in [1.54, 1.807) is 4.90 Å². The smallest absolute Gasteiger partial charge is 0.230 e. The van der Waals surface area contributed by atoms with E-state index in [4.69, 9.17) is 5.26 Å². The van der Waals surface area contributed by atoms with E-state index in [9.17, 15) is 4.79 Å². The fourth-order valence-electron chi connectivity index (χ4n) is 2.71. The Morgan fingerprint density at radius 1 is 1.45 bits per heavy atom. The average molecular weight is 271 g/mol. The van der Waals surface area contributed by atoms with Gasteiger partial charge in [0.15, 0.2) is 0 Å². The zero-order valence-electron chi connectivity index (χ0n) is 11.9. The van der Waals surface area contributed by atoms with Gasteiger partial charge in [0.05, 0.1) is 11.5 Å². The summed E-state index contributed by atoms with van der Waals surface area (Å²) in [4.78, 5) is 14.4. The molecule has 4 heteroatoms. The number of rotatable bonds is 4. The summed E-state index contributed by atoms with van der Waals surface area (Å²) in [5.41, 5.74) is 0.674. The molecule has 0 bridgehead atoms. The lowest BCUT2D eigenvalue weighted by Gasteiger charge is -2.36. The molecule has 0 aliphatic carbocycles. The topological polar surface area (TPSA) is 56.1 Å². The Hall–Kier alpha value is -1.86. The Bertz CT molecular complexity index is 486. The van der Waals surface area contributed by atoms with Gasteiger partial charge in [0, 0.05) is 13.1 Å². The third-order valence-corrected chi connectivity index (χ3v) is 3.88. The molecular weight excluding hydrogens is 250 g/mol. The van der Waals surface area contributed by atoms with Crippen molar-refractivity contribution in [3.63, 3.8) is 0 Å². The zero-order valence-corrected chi connectivity index (χ0v) is 11.9. The highest BCUT2D eigenvalue weighted by molar-refractivity contribution is 5.83. The molecule has 1 aliphatic heterocycles. The molecular formula is C16H21N3O. The van der Waals surface area contributed by atoms with Crippen LogP contribution in [0, 0.1) is 16.7 Å². The molecule has 1 aromatic rings. The molecule has 0 spiro atoms. The number of benzene rings is 1. The van der Waals surface area contributed by atoms with Gasteiger partial charge in [0.25, 0.3) is 0 Å². The monoisotopic (exact) mass is 271 g/mol. The molecule has 1 aromatic carbocycles. The first-order valence-electron chi connectivity index (χ1n) is 7.07. The highest BCUT2D eigenvalue weighted by Gasteiger charge is 2.37. The molecule has 1 fully saturated rings. The van der Waals surface area contributed by atoms with Crippen molar-refractivity contribution in [3.05, 3.63) is 35.9 Å². The Morgan fingerprint density at radius 2 is 2.20 bits per heavy atom. The Kier molecular flexibility index (Phi) is 4.75. The molecule has 2 rings (SSSR count). The molecule has 20 heavy (non-hydrogen) atoms. The van der Waals surface area contributed by atoms with Crippen molar-refractivity contribution in [1.29, 1.82) is 5.26 Å². The van der Waals surface area contributed by atoms with E-state index < -0.39 is 0 Å². The van der Waals surface area contributed by atoms with E-state index in [0.29, 0.717) is 13.1 Å². The summed E-state index contributed by atoms with van der Waals surface area (Å²) in [5.74, 6) is 0.0788. The zero-order chi connectivity index (χ0) is 14.4. The lowest BCUT2D eigenvalue weighted by atomic mass is 9.81. The summed E-state index contributed by atoms with van der Waals surface area (Å²) < 4.78 is 0. The number of nitrogens with one attached hydrogen (secondary N) is 1. The standard InChI is InChI=1S/C16H21N3O/c1-16(8-5-10-18-13-16)15(20)19(11-9-17)12-14-6-3-2-4-7-14/h2-4,6-7,18H,5,8,10-13H2,1H3. The summed E-state index contributed by atoms with van der Waals surface area (Å²) in [6.07, 6.45) is 1.89. The summed E-state index contributed by atoms with van der Waals surface area (Å²) >= 11 is 0. The van der Waals surface area contributed by atoms with Gasteiger partial charge >= 0.3 is 0 Å². The van der Waals surface area contributed by atoms with Crippen LogP contribution in [0.1, 0.15) is 25.3 Å². The second kappa shape index (κ2) is 6.53. The van der Waals surface area contributed by atoms with Crippen LogP contribution in [-0.2, 0) is 11.3 Å². The fraction of sp³-hybridized carbons (Fsp3) is 0.500. The summed E-state index contributed by atoms with van der Waals surface area (Å²) in [5, 5.41) is 12.3. The van der Waals surface area contributed by atoms with Gasteiger partial charge in [0.1, 0.15) is 6.54 Å². The van der Waals surface area contributed by atoms with Gasteiger partial charge in [-0.3, -0.25) is 4.79 Å². The van der Waals surface area contributed by atoms with Crippen molar-refractivity contribution < 1.29 is 4.79 Å². The molecule has 1 atom stereocenters. The number of carbonyl (C=O) groups is 1. The van der Waals surface area contributed by atoms with E-state index in [1.807, 2.05) is 37.3 Å². The van der Waals surface area contributed by atoms with Crippen molar-refractivity contribution in [3.8, 4) is 6.07 Å². The van der Waals surface area contributed by atoms with Crippen LogP contribution < -0.4 is 5.32 Å². The van der Waals surface area contributed by atoms with Crippen LogP contribution in [0.4, 0.5) is 0 Å². The summed E-state index contributed by atoms with van der Waals surface area (Å²) in [6.45, 7) is 4.31. The molecule has 0 saturated carbocycles. The minimum atomic E-state index is -0.385. The molecule has 0 aromatic heterocycles. The molecule has 4 nitrogen and oxygen atoms in total. The Morgan fingerprint density at radius 3 is 2.80 bits per heavy atom. The normalized spacial score (nSPS) is 22.0. The molecule has 1 saturated heterocycles. The van der Waals surface area contributed by atoms with Crippen LogP contribution in [0.5, 0.6) is 0 Å². The van der Waals surface area contributed by atoms with Gasteiger partial charge in [-0.2, -0.15) is 5.26 Å². The maximum atomic E-state index is 12.7. The van der Waals surface area contributed by atoms with Crippen molar-refractivity contribution in [2.45, 2.75) is 26.3 Å². The largest absolute Gasteiger partial charge is 0.325 e. The lowest BCUT2D eigenvalue weighted by molar-refractivity contribution is -0.142. The molecule has 1 amide bonds. The first-order chi connectivity index (χ1) is 9.65. The maximum Gasteiger partial charge on any atom is 0.230 e. The number of nitriles is 1. The first-order valence-corrected chi connectivity index (χ1v) is 7.07. The van der Waals surface area contributed by atoms with Crippen LogP contribution in [0.2, 0.25) is 0 Å². The average Bonchev–Trinajstić information content (AvgIpc) is 2.48. The molecule has 1 N–H and O–H groups in total. The molecule has 1 aliphatic rings. The van der Waals surface area contributed by atoms with E-state index in [2.05, 4.69) is 11.4 Å². The third kappa shape index (κ3) is 3.37. The number of hydrogen-bond acceptors (Lipinski definition) is 3. The second-order valence-electron chi connectivity index (χ2n) is 5.65. The predicted octanol–water partition coefficient (Wildman–Crippen LogP) is 1.93. The summed E-state index contributed by atoms with van der Waals surface area (Å²) in [6, 6.07) is 11.9. The highest BCUT2D eigenvalue weighted by Crippen LogP contribution is 2.28. The molecule has 0 radical (unpaired) electrons. The Balaban J connectivity index is 2.11. The van der Waals surface area contributed by atoms with E-state index in [0.717, 1.165) is 24.9 Å². The van der Waals surface area contributed by atoms with Gasteiger partial charge in [0.2, 0.25) is 5.91 Å². The SMILES string of the molecule is CC1(C(=O)N(CC#N)Cc2ccccc2)CCCNC1. The van der Waals surface area contributed by atoms with Crippen LogP contribution >= 0.6 is 0 Å². The quantitative estimate of drug-likeness (QED) is 0.851. The number of nitrogens with zero attached hydrogens (tertiary/aromatic N) is 2. The van der Waals surface area contributed by atoms with E-state index >= 15 is 0 Å². The lowest BCUT2D eigenvalue weighted by Crippen LogP contribution is -2.50. The van der Waals surface area contributed by atoms with Gasteiger partial charge < -0.3 is 10.2 Å².